The van der Waals surface area contributed by atoms with E-state index in [9.17, 15) is 4.39 Å². The van der Waals surface area contributed by atoms with Gasteiger partial charge >= 0.3 is 0 Å². The molecule has 0 radical (unpaired) electrons. The number of halogens is 1. The van der Waals surface area contributed by atoms with Crippen LogP contribution < -0.4 is 10.6 Å². The maximum Gasteiger partial charge on any atom is 0.165 e. The van der Waals surface area contributed by atoms with Gasteiger partial charge in [0, 0.05) is 19.3 Å². The van der Waals surface area contributed by atoms with E-state index in [1.807, 2.05) is 4.90 Å². The fourth-order valence-corrected chi connectivity index (χ4v) is 2.34. The number of hydrogen-bond acceptors (Lipinski definition) is 3. The van der Waals surface area contributed by atoms with Crippen LogP contribution in [0.1, 0.15) is 12.8 Å². The Labute approximate surface area is 88.1 Å². The minimum atomic E-state index is -0.254. The topological polar surface area (TPSA) is 42.1 Å². The molecule has 4 heteroatoms. The summed E-state index contributed by atoms with van der Waals surface area (Å²) >= 11 is 0. The summed E-state index contributed by atoms with van der Waals surface area (Å²) in [5.74, 6) is 0.843. The third-order valence-electron chi connectivity index (χ3n) is 3.40. The van der Waals surface area contributed by atoms with Crippen molar-refractivity contribution in [3.8, 4) is 0 Å². The summed E-state index contributed by atoms with van der Waals surface area (Å²) in [6.07, 6.45) is 4.08. The van der Waals surface area contributed by atoms with E-state index in [1.165, 1.54) is 18.9 Å². The zero-order valence-corrected chi connectivity index (χ0v) is 8.49. The van der Waals surface area contributed by atoms with E-state index in [2.05, 4.69) is 4.98 Å². The quantitative estimate of drug-likeness (QED) is 0.791. The third kappa shape index (κ3) is 1.40. The number of nitrogens with zero attached hydrogens (tertiary/aromatic N) is 2. The highest BCUT2D eigenvalue weighted by molar-refractivity contribution is 5.46. The van der Waals surface area contributed by atoms with Gasteiger partial charge in [-0.3, -0.25) is 0 Å². The summed E-state index contributed by atoms with van der Waals surface area (Å²) < 4.78 is 13.4. The average molecular weight is 207 g/mol. The second-order valence-electron chi connectivity index (χ2n) is 4.67. The minimum absolute atomic E-state index is 0.0794. The summed E-state index contributed by atoms with van der Waals surface area (Å²) in [7, 11) is 0. The Morgan fingerprint density at radius 3 is 2.80 bits per heavy atom. The first-order valence-corrected chi connectivity index (χ1v) is 5.33. The molecule has 0 spiro atoms. The van der Waals surface area contributed by atoms with Gasteiger partial charge in [0.05, 0.1) is 5.54 Å². The Bertz CT molecular complexity index is 383. The van der Waals surface area contributed by atoms with E-state index in [0.717, 1.165) is 13.1 Å². The molecule has 0 atom stereocenters. The van der Waals surface area contributed by atoms with Crippen molar-refractivity contribution in [2.75, 3.05) is 18.0 Å². The van der Waals surface area contributed by atoms with Gasteiger partial charge in [0.25, 0.3) is 0 Å². The van der Waals surface area contributed by atoms with Crippen molar-refractivity contribution >= 4 is 5.82 Å². The Morgan fingerprint density at radius 2 is 2.20 bits per heavy atom. The van der Waals surface area contributed by atoms with Crippen LogP contribution in [-0.2, 0) is 0 Å². The molecular formula is C11H14FN3. The van der Waals surface area contributed by atoms with Crippen molar-refractivity contribution in [1.82, 2.24) is 4.98 Å². The van der Waals surface area contributed by atoms with E-state index >= 15 is 0 Å². The van der Waals surface area contributed by atoms with E-state index < -0.39 is 0 Å². The second-order valence-corrected chi connectivity index (χ2v) is 4.67. The van der Waals surface area contributed by atoms with Crippen LogP contribution in [0.3, 0.4) is 0 Å². The maximum absolute atomic E-state index is 13.4. The van der Waals surface area contributed by atoms with Crippen molar-refractivity contribution in [3.63, 3.8) is 0 Å². The molecule has 1 aliphatic carbocycles. The smallest absolute Gasteiger partial charge is 0.165 e. The van der Waals surface area contributed by atoms with Crippen LogP contribution in [0, 0.1) is 11.7 Å². The van der Waals surface area contributed by atoms with Crippen LogP contribution in [0.15, 0.2) is 18.3 Å². The highest BCUT2D eigenvalue weighted by atomic mass is 19.1. The molecule has 2 fully saturated rings. The third-order valence-corrected chi connectivity index (χ3v) is 3.40. The molecule has 1 saturated heterocycles. The molecule has 1 aromatic rings. The van der Waals surface area contributed by atoms with Gasteiger partial charge in [0.1, 0.15) is 0 Å². The normalized spacial score (nSPS) is 23.7. The maximum atomic E-state index is 13.4. The minimum Gasteiger partial charge on any atom is -0.350 e. The van der Waals surface area contributed by atoms with Gasteiger partial charge in [-0.05, 0) is 30.9 Å². The van der Waals surface area contributed by atoms with Crippen LogP contribution in [0.25, 0.3) is 0 Å². The Hall–Kier alpha value is -1.16. The lowest BCUT2D eigenvalue weighted by molar-refractivity contribution is 0.287. The van der Waals surface area contributed by atoms with Crippen LogP contribution in [0.4, 0.5) is 10.2 Å². The van der Waals surface area contributed by atoms with Crippen molar-refractivity contribution < 1.29 is 4.39 Å². The van der Waals surface area contributed by atoms with Gasteiger partial charge in [-0.1, -0.05) is 0 Å². The molecular weight excluding hydrogens is 193 g/mol. The van der Waals surface area contributed by atoms with E-state index in [0.29, 0.717) is 11.7 Å². The fourth-order valence-electron chi connectivity index (χ4n) is 2.34. The molecule has 80 valence electrons. The predicted molar refractivity (Wildman–Crippen MR) is 56.1 cm³/mol. The van der Waals surface area contributed by atoms with E-state index in [4.69, 9.17) is 5.73 Å². The molecule has 2 aliphatic rings. The van der Waals surface area contributed by atoms with Crippen LogP contribution >= 0.6 is 0 Å². The first-order chi connectivity index (χ1) is 7.19. The standard InChI is InChI=1S/C11H14FN3/c12-9-2-1-5-14-10(9)15-6-11(13,7-15)8-3-4-8/h1-2,5,8H,3-4,6-7,13H2. The summed E-state index contributed by atoms with van der Waals surface area (Å²) in [6.45, 7) is 1.48. The summed E-state index contributed by atoms with van der Waals surface area (Å²) in [5, 5.41) is 0. The molecule has 0 unspecified atom stereocenters. The summed E-state index contributed by atoms with van der Waals surface area (Å²) in [5.41, 5.74) is 6.11. The fraction of sp³-hybridized carbons (Fsp3) is 0.545. The molecule has 0 bridgehead atoms. The van der Waals surface area contributed by atoms with Gasteiger partial charge in [0.15, 0.2) is 11.6 Å². The number of hydrogen-bond donors (Lipinski definition) is 1. The lowest BCUT2D eigenvalue weighted by Crippen LogP contribution is -2.69. The molecule has 2 N–H and O–H groups in total. The van der Waals surface area contributed by atoms with Crippen LogP contribution in [0.2, 0.25) is 0 Å². The molecule has 2 heterocycles. The van der Waals surface area contributed by atoms with Gasteiger partial charge in [-0.2, -0.15) is 0 Å². The molecule has 3 nitrogen and oxygen atoms in total. The molecule has 3 rings (SSSR count). The molecule has 1 aromatic heterocycles. The SMILES string of the molecule is NC1(C2CC2)CN(c2ncccc2F)C1. The van der Waals surface area contributed by atoms with Gasteiger partial charge in [0.2, 0.25) is 0 Å². The summed E-state index contributed by atoms with van der Waals surface area (Å²) in [4.78, 5) is 5.97. The molecule has 0 amide bonds. The predicted octanol–water partition coefficient (Wildman–Crippen LogP) is 1.15. The number of anilines is 1. The molecule has 1 aliphatic heterocycles. The Kier molecular flexibility index (Phi) is 1.77. The van der Waals surface area contributed by atoms with Gasteiger partial charge < -0.3 is 10.6 Å². The first-order valence-electron chi connectivity index (χ1n) is 5.33. The lowest BCUT2D eigenvalue weighted by atomic mass is 9.86. The first kappa shape index (κ1) is 9.09. The van der Waals surface area contributed by atoms with Crippen molar-refractivity contribution in [1.29, 1.82) is 0 Å². The number of aromatic nitrogens is 1. The molecule has 0 aromatic carbocycles. The van der Waals surface area contributed by atoms with E-state index in [-0.39, 0.29) is 11.4 Å². The van der Waals surface area contributed by atoms with E-state index in [1.54, 1.807) is 12.3 Å². The van der Waals surface area contributed by atoms with Gasteiger partial charge in [-0.15, -0.1) is 0 Å². The van der Waals surface area contributed by atoms with Crippen LogP contribution in [0.5, 0.6) is 0 Å². The van der Waals surface area contributed by atoms with Crippen LogP contribution in [-0.4, -0.2) is 23.6 Å². The van der Waals surface area contributed by atoms with Crippen molar-refractivity contribution in [2.45, 2.75) is 18.4 Å². The highest BCUT2D eigenvalue weighted by Crippen LogP contribution is 2.44. The molecule has 15 heavy (non-hydrogen) atoms. The largest absolute Gasteiger partial charge is 0.350 e. The van der Waals surface area contributed by atoms with Crippen molar-refractivity contribution in [2.24, 2.45) is 11.7 Å². The monoisotopic (exact) mass is 207 g/mol. The summed E-state index contributed by atoms with van der Waals surface area (Å²) in [6, 6.07) is 3.05. The Morgan fingerprint density at radius 1 is 1.47 bits per heavy atom. The van der Waals surface area contributed by atoms with Crippen molar-refractivity contribution in [3.05, 3.63) is 24.1 Å². The zero-order valence-electron chi connectivity index (χ0n) is 8.49. The average Bonchev–Trinajstić information content (AvgIpc) is 2.97. The zero-order chi connectivity index (χ0) is 10.5. The number of nitrogens with two attached hydrogens (primary N) is 1. The second kappa shape index (κ2) is 2.92. The Balaban J connectivity index is 1.74. The highest BCUT2D eigenvalue weighted by Gasteiger charge is 2.51. The van der Waals surface area contributed by atoms with Gasteiger partial charge in [-0.25, -0.2) is 9.37 Å². The molecule has 1 saturated carbocycles. The number of rotatable bonds is 2. The number of pyridine rings is 1. The lowest BCUT2D eigenvalue weighted by Gasteiger charge is -2.48.